The summed E-state index contributed by atoms with van der Waals surface area (Å²) < 4.78 is 74.8. The van der Waals surface area contributed by atoms with Gasteiger partial charge in [0.05, 0.1) is 11.1 Å². The van der Waals surface area contributed by atoms with Crippen LogP contribution in [0, 0.1) is 10.5 Å². The number of aryl methyl sites for hydroxylation is 1. The van der Waals surface area contributed by atoms with E-state index in [0.29, 0.717) is 6.07 Å². The predicted molar refractivity (Wildman–Crippen MR) is 53.9 cm³/mol. The second-order valence-electron chi connectivity index (χ2n) is 3.14. The highest BCUT2D eigenvalue weighted by Crippen LogP contribution is 2.42. The average Bonchev–Trinajstić information content (AvgIpc) is 1.97. The van der Waals surface area contributed by atoms with Crippen LogP contribution in [-0.4, -0.2) is 0 Å². The van der Waals surface area contributed by atoms with E-state index in [9.17, 15) is 26.3 Å². The normalized spacial score (nSPS) is 13.0. The van der Waals surface area contributed by atoms with Crippen LogP contribution < -0.4 is 0 Å². The highest BCUT2D eigenvalue weighted by Gasteiger charge is 2.44. The van der Waals surface area contributed by atoms with E-state index >= 15 is 0 Å². The zero-order valence-electron chi connectivity index (χ0n) is 7.80. The van der Waals surface area contributed by atoms with Gasteiger partial charge in [-0.05, 0) is 47.2 Å². The molecular formula is C9H5F6I. The van der Waals surface area contributed by atoms with E-state index in [1.54, 1.807) is 22.6 Å². The van der Waals surface area contributed by atoms with E-state index in [0.717, 1.165) is 13.0 Å². The fourth-order valence-electron chi connectivity index (χ4n) is 1.34. The molecule has 7 heteroatoms. The highest BCUT2D eigenvalue weighted by molar-refractivity contribution is 14.1. The summed E-state index contributed by atoms with van der Waals surface area (Å²) in [5.74, 6) is 0. The standard InChI is InChI=1S/C9H5F6I/c1-4-2-5(16)3-6(8(10,11)12)7(4)9(13,14)15/h2-3H,1H3. The van der Waals surface area contributed by atoms with Crippen LogP contribution in [0.15, 0.2) is 12.1 Å². The average molecular weight is 354 g/mol. The van der Waals surface area contributed by atoms with Crippen molar-refractivity contribution in [3.05, 3.63) is 32.4 Å². The zero-order valence-corrected chi connectivity index (χ0v) is 9.96. The van der Waals surface area contributed by atoms with Gasteiger partial charge in [0.15, 0.2) is 0 Å². The fraction of sp³-hybridized carbons (Fsp3) is 0.333. The van der Waals surface area contributed by atoms with Gasteiger partial charge in [0.25, 0.3) is 0 Å². The molecule has 0 aliphatic heterocycles. The summed E-state index contributed by atoms with van der Waals surface area (Å²) in [5.41, 5.74) is -3.67. The van der Waals surface area contributed by atoms with Gasteiger partial charge in [0.1, 0.15) is 0 Å². The zero-order chi connectivity index (χ0) is 12.7. The maximum absolute atomic E-state index is 12.5. The molecule has 0 N–H and O–H groups in total. The van der Waals surface area contributed by atoms with Crippen molar-refractivity contribution in [1.82, 2.24) is 0 Å². The van der Waals surface area contributed by atoms with Crippen molar-refractivity contribution >= 4 is 22.6 Å². The lowest BCUT2D eigenvalue weighted by molar-refractivity contribution is -0.162. The first-order valence-corrected chi connectivity index (χ1v) is 5.06. The number of hydrogen-bond donors (Lipinski definition) is 0. The van der Waals surface area contributed by atoms with Crippen LogP contribution in [0.4, 0.5) is 26.3 Å². The molecule has 0 amide bonds. The Kier molecular flexibility index (Phi) is 3.47. The molecule has 0 nitrogen and oxygen atoms in total. The van der Waals surface area contributed by atoms with Crippen LogP contribution in [0.1, 0.15) is 16.7 Å². The number of benzene rings is 1. The monoisotopic (exact) mass is 354 g/mol. The third-order valence-corrected chi connectivity index (χ3v) is 2.51. The Morgan fingerprint density at radius 2 is 1.44 bits per heavy atom. The van der Waals surface area contributed by atoms with Crippen molar-refractivity contribution in [2.45, 2.75) is 19.3 Å². The summed E-state index contributed by atoms with van der Waals surface area (Å²) >= 11 is 1.55. The van der Waals surface area contributed by atoms with Gasteiger partial charge < -0.3 is 0 Å². The van der Waals surface area contributed by atoms with Gasteiger partial charge >= 0.3 is 12.4 Å². The molecular weight excluding hydrogens is 349 g/mol. The molecule has 16 heavy (non-hydrogen) atoms. The lowest BCUT2D eigenvalue weighted by Gasteiger charge is -2.18. The molecule has 1 rings (SSSR count). The first-order valence-electron chi connectivity index (χ1n) is 3.98. The Hall–Kier alpha value is -0.470. The summed E-state index contributed by atoms with van der Waals surface area (Å²) in [4.78, 5) is 0. The van der Waals surface area contributed by atoms with E-state index < -0.39 is 29.0 Å². The van der Waals surface area contributed by atoms with Crippen LogP contribution >= 0.6 is 22.6 Å². The summed E-state index contributed by atoms with van der Waals surface area (Å²) in [6.07, 6.45) is -10.0. The van der Waals surface area contributed by atoms with Crippen molar-refractivity contribution < 1.29 is 26.3 Å². The predicted octanol–water partition coefficient (Wildman–Crippen LogP) is 4.64. The highest BCUT2D eigenvalue weighted by atomic mass is 127. The molecule has 0 atom stereocenters. The topological polar surface area (TPSA) is 0 Å². The van der Waals surface area contributed by atoms with E-state index in [2.05, 4.69) is 0 Å². The third kappa shape index (κ3) is 2.80. The second kappa shape index (κ2) is 4.08. The first kappa shape index (κ1) is 13.6. The van der Waals surface area contributed by atoms with Crippen LogP contribution in [0.3, 0.4) is 0 Å². The summed E-state index contributed by atoms with van der Waals surface area (Å²) in [7, 11) is 0. The lowest BCUT2D eigenvalue weighted by Crippen LogP contribution is -2.18. The van der Waals surface area contributed by atoms with E-state index in [1.165, 1.54) is 0 Å². The number of halogens is 7. The minimum absolute atomic E-state index is 0.121. The second-order valence-corrected chi connectivity index (χ2v) is 4.39. The Bertz CT molecular complexity index is 404. The Balaban J connectivity index is 3.58. The van der Waals surface area contributed by atoms with Gasteiger partial charge in [-0.2, -0.15) is 26.3 Å². The van der Waals surface area contributed by atoms with Gasteiger partial charge in [-0.3, -0.25) is 0 Å². The van der Waals surface area contributed by atoms with Crippen molar-refractivity contribution in [2.75, 3.05) is 0 Å². The van der Waals surface area contributed by atoms with E-state index in [4.69, 9.17) is 0 Å². The molecule has 0 saturated carbocycles. The smallest absolute Gasteiger partial charge is 0.166 e. The van der Waals surface area contributed by atoms with Gasteiger partial charge in [0, 0.05) is 3.57 Å². The minimum Gasteiger partial charge on any atom is -0.166 e. The van der Waals surface area contributed by atoms with Crippen molar-refractivity contribution in [2.24, 2.45) is 0 Å². The largest absolute Gasteiger partial charge is 0.417 e. The molecule has 0 aliphatic carbocycles. The van der Waals surface area contributed by atoms with E-state index in [-0.39, 0.29) is 3.57 Å². The molecule has 0 saturated heterocycles. The number of alkyl halides is 6. The molecule has 1 aromatic carbocycles. The molecule has 1 aromatic rings. The Labute approximate surface area is 101 Å². The van der Waals surface area contributed by atoms with E-state index in [1.807, 2.05) is 0 Å². The molecule has 90 valence electrons. The van der Waals surface area contributed by atoms with Crippen molar-refractivity contribution in [3.8, 4) is 0 Å². The van der Waals surface area contributed by atoms with Crippen LogP contribution in [0.5, 0.6) is 0 Å². The van der Waals surface area contributed by atoms with Gasteiger partial charge in [0.2, 0.25) is 0 Å². The van der Waals surface area contributed by atoms with Gasteiger partial charge in [-0.25, -0.2) is 0 Å². The summed E-state index contributed by atoms with van der Waals surface area (Å²) in [6.45, 7) is 1.01. The molecule has 0 unspecified atom stereocenters. The first-order chi connectivity index (χ1) is 7.03. The van der Waals surface area contributed by atoms with Crippen molar-refractivity contribution in [3.63, 3.8) is 0 Å². The molecule has 0 bridgehead atoms. The lowest BCUT2D eigenvalue weighted by atomic mass is 10.0. The number of rotatable bonds is 0. The molecule has 0 heterocycles. The molecule has 0 spiro atoms. The maximum atomic E-state index is 12.5. The molecule has 0 aliphatic rings. The quantitative estimate of drug-likeness (QED) is 0.471. The van der Waals surface area contributed by atoms with Gasteiger partial charge in [-0.1, -0.05) is 0 Å². The molecule has 0 aromatic heterocycles. The Morgan fingerprint density at radius 1 is 0.938 bits per heavy atom. The molecule has 0 fully saturated rings. The fourth-order valence-corrected chi connectivity index (χ4v) is 2.12. The van der Waals surface area contributed by atoms with Gasteiger partial charge in [-0.15, -0.1) is 0 Å². The van der Waals surface area contributed by atoms with Crippen LogP contribution in [0.2, 0.25) is 0 Å². The molecule has 0 radical (unpaired) electrons. The summed E-state index contributed by atoms with van der Waals surface area (Å²) in [5, 5.41) is 0. The maximum Gasteiger partial charge on any atom is 0.417 e. The minimum atomic E-state index is -5.00. The SMILES string of the molecule is Cc1cc(I)cc(C(F)(F)F)c1C(F)(F)F. The summed E-state index contributed by atoms with van der Waals surface area (Å²) in [6, 6.07) is 1.56. The number of hydrogen-bond acceptors (Lipinski definition) is 0. The van der Waals surface area contributed by atoms with Crippen LogP contribution in [0.25, 0.3) is 0 Å². The van der Waals surface area contributed by atoms with Crippen molar-refractivity contribution in [1.29, 1.82) is 0 Å². The Morgan fingerprint density at radius 3 is 1.81 bits per heavy atom. The third-order valence-electron chi connectivity index (χ3n) is 1.89. The van der Waals surface area contributed by atoms with Crippen LogP contribution in [-0.2, 0) is 12.4 Å².